The molecule has 7 nitrogen and oxygen atoms in total. The minimum Gasteiger partial charge on any atom is -0.497 e. The van der Waals surface area contributed by atoms with Gasteiger partial charge < -0.3 is 20.3 Å². The molecule has 35 heavy (non-hydrogen) atoms. The molecule has 186 valence electrons. The average molecular weight is 482 g/mol. The lowest BCUT2D eigenvalue weighted by molar-refractivity contribution is -0.127. The Balaban J connectivity index is 1.36. The van der Waals surface area contributed by atoms with Crippen molar-refractivity contribution in [2.45, 2.75) is 50.6 Å². The zero-order chi connectivity index (χ0) is 24.8. The predicted octanol–water partition coefficient (Wildman–Crippen LogP) is 3.54. The Morgan fingerprint density at radius 2 is 1.63 bits per heavy atom. The number of nitrogens with zero attached hydrogens (tertiary/aromatic N) is 1. The fourth-order valence-corrected chi connectivity index (χ4v) is 4.95. The number of piperidine rings is 1. The number of halogens is 1. The molecule has 1 aliphatic heterocycles. The van der Waals surface area contributed by atoms with E-state index in [1.54, 1.807) is 42.3 Å². The molecule has 3 amide bonds. The summed E-state index contributed by atoms with van der Waals surface area (Å²) in [6, 6.07) is 12.2. The normalized spacial score (nSPS) is 22.2. The summed E-state index contributed by atoms with van der Waals surface area (Å²) in [6.07, 6.45) is 4.95. The van der Waals surface area contributed by atoms with Crippen LogP contribution < -0.4 is 15.4 Å². The summed E-state index contributed by atoms with van der Waals surface area (Å²) >= 11 is 0. The van der Waals surface area contributed by atoms with E-state index in [-0.39, 0.29) is 35.7 Å². The van der Waals surface area contributed by atoms with E-state index in [0.717, 1.165) is 25.7 Å². The van der Waals surface area contributed by atoms with Crippen LogP contribution in [0.4, 0.5) is 4.39 Å². The van der Waals surface area contributed by atoms with Crippen LogP contribution in [0.3, 0.4) is 0 Å². The van der Waals surface area contributed by atoms with Gasteiger partial charge in [-0.3, -0.25) is 14.4 Å². The van der Waals surface area contributed by atoms with Crippen molar-refractivity contribution in [3.05, 3.63) is 65.5 Å². The Labute approximate surface area is 205 Å². The van der Waals surface area contributed by atoms with E-state index in [4.69, 9.17) is 4.74 Å². The molecule has 2 fully saturated rings. The van der Waals surface area contributed by atoms with Crippen LogP contribution in [0, 0.1) is 11.7 Å². The molecule has 0 aromatic heterocycles. The fraction of sp³-hybridized carbons (Fsp3) is 0.444. The molecule has 1 saturated heterocycles. The number of benzene rings is 2. The first-order chi connectivity index (χ1) is 16.9. The lowest BCUT2D eigenvalue weighted by atomic mass is 9.88. The third kappa shape index (κ3) is 6.18. The van der Waals surface area contributed by atoms with E-state index in [9.17, 15) is 18.8 Å². The molecule has 3 atom stereocenters. The minimum absolute atomic E-state index is 0.0997. The molecule has 0 spiro atoms. The molecule has 2 aromatic rings. The summed E-state index contributed by atoms with van der Waals surface area (Å²) in [6.45, 7) is 0.847. The zero-order valence-electron chi connectivity index (χ0n) is 20.0. The van der Waals surface area contributed by atoms with Crippen molar-refractivity contribution >= 4 is 17.7 Å². The molecule has 8 heteroatoms. The van der Waals surface area contributed by atoms with E-state index in [2.05, 4.69) is 10.6 Å². The Kier molecular flexibility index (Phi) is 8.00. The van der Waals surface area contributed by atoms with Crippen LogP contribution in [0.15, 0.2) is 48.5 Å². The van der Waals surface area contributed by atoms with Gasteiger partial charge in [0.2, 0.25) is 5.91 Å². The van der Waals surface area contributed by atoms with Crippen LogP contribution in [-0.4, -0.2) is 54.9 Å². The maximum Gasteiger partial charge on any atom is 0.253 e. The number of hydrogen-bond acceptors (Lipinski definition) is 4. The average Bonchev–Trinajstić information content (AvgIpc) is 2.89. The second-order valence-electron chi connectivity index (χ2n) is 9.31. The van der Waals surface area contributed by atoms with Gasteiger partial charge in [-0.1, -0.05) is 18.9 Å². The maximum atomic E-state index is 13.6. The Morgan fingerprint density at radius 3 is 2.31 bits per heavy atom. The number of hydrogen-bond donors (Lipinski definition) is 2. The summed E-state index contributed by atoms with van der Waals surface area (Å²) in [5.74, 6) is -0.643. The number of amides is 3. The van der Waals surface area contributed by atoms with Gasteiger partial charge in [-0.2, -0.15) is 0 Å². The SMILES string of the molecule is COc1ccc(C(=O)N[C@@H]2CCCCC2NC(=O)C2CCCN(C(=O)c3cccc(F)c3)C2)cc1. The Hall–Kier alpha value is -3.42. The fourth-order valence-electron chi connectivity index (χ4n) is 4.95. The quantitative estimate of drug-likeness (QED) is 0.661. The number of methoxy groups -OCH3 is 1. The topological polar surface area (TPSA) is 87.7 Å². The molecule has 4 rings (SSSR count). The number of carbonyl (C=O) groups excluding carboxylic acids is 3. The first-order valence-electron chi connectivity index (χ1n) is 12.2. The number of carbonyl (C=O) groups is 3. The highest BCUT2D eigenvalue weighted by molar-refractivity contribution is 5.95. The van der Waals surface area contributed by atoms with Crippen LogP contribution in [0.1, 0.15) is 59.2 Å². The number of nitrogens with one attached hydrogen (secondary N) is 2. The number of ether oxygens (including phenoxy) is 1. The summed E-state index contributed by atoms with van der Waals surface area (Å²) in [5.41, 5.74) is 0.833. The van der Waals surface area contributed by atoms with Crippen molar-refractivity contribution in [2.75, 3.05) is 20.2 Å². The van der Waals surface area contributed by atoms with E-state index in [1.807, 2.05) is 0 Å². The molecule has 0 radical (unpaired) electrons. The van der Waals surface area contributed by atoms with Gasteiger partial charge in [0.1, 0.15) is 11.6 Å². The van der Waals surface area contributed by atoms with E-state index >= 15 is 0 Å². The molecule has 2 N–H and O–H groups in total. The maximum absolute atomic E-state index is 13.6. The highest BCUT2D eigenvalue weighted by Gasteiger charge is 2.33. The van der Waals surface area contributed by atoms with Crippen LogP contribution in [0.2, 0.25) is 0 Å². The van der Waals surface area contributed by atoms with Crippen molar-refractivity contribution in [1.82, 2.24) is 15.5 Å². The van der Waals surface area contributed by atoms with Gasteiger partial charge in [0.05, 0.1) is 13.0 Å². The number of likely N-dealkylation sites (tertiary alicyclic amines) is 1. The molecule has 2 aromatic carbocycles. The van der Waals surface area contributed by atoms with Crippen LogP contribution in [-0.2, 0) is 4.79 Å². The van der Waals surface area contributed by atoms with Gasteiger partial charge in [-0.05, 0) is 68.1 Å². The largest absolute Gasteiger partial charge is 0.497 e. The summed E-state index contributed by atoms with van der Waals surface area (Å²) in [5, 5.41) is 6.24. The molecule has 1 saturated carbocycles. The van der Waals surface area contributed by atoms with Crippen molar-refractivity contribution in [2.24, 2.45) is 5.92 Å². The molecular weight excluding hydrogens is 449 g/mol. The monoisotopic (exact) mass is 481 g/mol. The lowest BCUT2D eigenvalue weighted by Crippen LogP contribution is -2.55. The van der Waals surface area contributed by atoms with E-state index < -0.39 is 5.82 Å². The second kappa shape index (κ2) is 11.3. The molecule has 1 aliphatic carbocycles. The number of rotatable bonds is 6. The van der Waals surface area contributed by atoms with Crippen LogP contribution in [0.5, 0.6) is 5.75 Å². The van der Waals surface area contributed by atoms with Crippen molar-refractivity contribution in [3.63, 3.8) is 0 Å². The molecule has 0 bridgehead atoms. The third-order valence-electron chi connectivity index (χ3n) is 6.91. The Morgan fingerprint density at radius 1 is 0.914 bits per heavy atom. The van der Waals surface area contributed by atoms with Crippen molar-refractivity contribution < 1.29 is 23.5 Å². The van der Waals surface area contributed by atoms with E-state index in [1.165, 1.54) is 18.2 Å². The van der Waals surface area contributed by atoms with Crippen LogP contribution in [0.25, 0.3) is 0 Å². The molecule has 2 aliphatic rings. The highest BCUT2D eigenvalue weighted by Crippen LogP contribution is 2.23. The first-order valence-corrected chi connectivity index (χ1v) is 12.2. The molecular formula is C27H32FN3O4. The highest BCUT2D eigenvalue weighted by atomic mass is 19.1. The summed E-state index contributed by atoms with van der Waals surface area (Å²) < 4.78 is 18.7. The van der Waals surface area contributed by atoms with Gasteiger partial charge in [0.15, 0.2) is 0 Å². The Bertz CT molecular complexity index is 1060. The van der Waals surface area contributed by atoms with E-state index in [0.29, 0.717) is 42.8 Å². The van der Waals surface area contributed by atoms with Crippen molar-refractivity contribution in [1.29, 1.82) is 0 Å². The van der Waals surface area contributed by atoms with Gasteiger partial charge in [-0.25, -0.2) is 4.39 Å². The van der Waals surface area contributed by atoms with Gasteiger partial charge in [0.25, 0.3) is 11.8 Å². The molecule has 2 unspecified atom stereocenters. The van der Waals surface area contributed by atoms with Crippen molar-refractivity contribution in [3.8, 4) is 5.75 Å². The summed E-state index contributed by atoms with van der Waals surface area (Å²) in [7, 11) is 1.58. The first kappa shape index (κ1) is 24.7. The van der Waals surface area contributed by atoms with Gasteiger partial charge in [0, 0.05) is 36.3 Å². The lowest BCUT2D eigenvalue weighted by Gasteiger charge is -2.36. The third-order valence-corrected chi connectivity index (χ3v) is 6.91. The molecule has 1 heterocycles. The standard InChI is InChI=1S/C27H32FN3O4/c1-35-22-13-11-18(12-14-22)25(32)29-23-9-2-3-10-24(23)30-26(33)20-7-5-15-31(17-20)27(34)19-6-4-8-21(28)16-19/h4,6,8,11-14,16,20,23-24H,2-3,5,7,9-10,15,17H2,1H3,(H,29,32)(H,30,33)/t20?,23-,24?/m1/s1. The van der Waals surface area contributed by atoms with Gasteiger partial charge in [-0.15, -0.1) is 0 Å². The predicted molar refractivity (Wildman–Crippen MR) is 130 cm³/mol. The van der Waals surface area contributed by atoms with Gasteiger partial charge >= 0.3 is 0 Å². The minimum atomic E-state index is -0.456. The zero-order valence-corrected chi connectivity index (χ0v) is 20.0. The van der Waals surface area contributed by atoms with Crippen LogP contribution >= 0.6 is 0 Å². The summed E-state index contributed by atoms with van der Waals surface area (Å²) in [4.78, 5) is 40.4. The smallest absolute Gasteiger partial charge is 0.253 e. The second-order valence-corrected chi connectivity index (χ2v) is 9.31.